The number of piperidine rings is 1. The molecule has 3 rings (SSSR count). The van der Waals surface area contributed by atoms with Crippen LogP contribution in [0.25, 0.3) is 0 Å². The van der Waals surface area contributed by atoms with Crippen LogP contribution in [0.3, 0.4) is 0 Å². The van der Waals surface area contributed by atoms with Gasteiger partial charge in [-0.25, -0.2) is 4.79 Å². The lowest BCUT2D eigenvalue weighted by Crippen LogP contribution is -2.48. The van der Waals surface area contributed by atoms with E-state index in [0.717, 1.165) is 49.0 Å². The standard InChI is InChI=1S/C20H23F3IN3O2/c21-20(22,23)15-3-1-4-16(13-15)25-19(28)27(14-18-5-2-12-29-18)17-6-9-26(10-7-17)11-8-24/h1-5,12-13,17H,6-11,14H2,(H,25,28). The highest BCUT2D eigenvalue weighted by atomic mass is 127. The maximum Gasteiger partial charge on any atom is 0.416 e. The lowest BCUT2D eigenvalue weighted by molar-refractivity contribution is -0.137. The topological polar surface area (TPSA) is 48.7 Å². The third kappa shape index (κ3) is 6.11. The number of carbonyl (C=O) groups excluding carboxylic acids is 1. The molecule has 2 aromatic rings. The van der Waals surface area contributed by atoms with Gasteiger partial charge in [0.1, 0.15) is 5.76 Å². The second kappa shape index (κ2) is 9.84. The molecule has 1 saturated heterocycles. The first-order valence-electron chi connectivity index (χ1n) is 9.42. The maximum atomic E-state index is 13.0. The number of anilines is 1. The third-order valence-corrected chi connectivity index (χ3v) is 5.49. The van der Waals surface area contributed by atoms with Gasteiger partial charge in [-0.2, -0.15) is 13.2 Å². The van der Waals surface area contributed by atoms with Crippen molar-refractivity contribution in [1.29, 1.82) is 0 Å². The molecule has 29 heavy (non-hydrogen) atoms. The molecular weight excluding hydrogens is 498 g/mol. The third-order valence-electron chi connectivity index (χ3n) is 5.01. The van der Waals surface area contributed by atoms with Crippen LogP contribution in [0.2, 0.25) is 0 Å². The Labute approximate surface area is 181 Å². The molecule has 9 heteroatoms. The van der Waals surface area contributed by atoms with Crippen LogP contribution < -0.4 is 5.32 Å². The molecule has 1 aliphatic heterocycles. The molecule has 0 spiro atoms. The van der Waals surface area contributed by atoms with E-state index >= 15 is 0 Å². The number of hydrogen-bond donors (Lipinski definition) is 1. The van der Waals surface area contributed by atoms with Crippen LogP contribution in [0, 0.1) is 0 Å². The monoisotopic (exact) mass is 521 g/mol. The SMILES string of the molecule is O=C(Nc1cccc(C(F)(F)F)c1)N(Cc1ccco1)C1CCN(CCI)CC1. The largest absolute Gasteiger partial charge is 0.467 e. The molecule has 0 unspecified atom stereocenters. The number of halogens is 4. The summed E-state index contributed by atoms with van der Waals surface area (Å²) in [6, 6.07) is 7.80. The lowest BCUT2D eigenvalue weighted by Gasteiger charge is -2.38. The number of nitrogens with one attached hydrogen (secondary N) is 1. The average molecular weight is 521 g/mol. The molecule has 1 aliphatic rings. The maximum absolute atomic E-state index is 13.0. The first-order chi connectivity index (χ1) is 13.9. The summed E-state index contributed by atoms with van der Waals surface area (Å²) >= 11 is 2.35. The zero-order chi connectivity index (χ0) is 20.9. The van der Waals surface area contributed by atoms with Crippen molar-refractivity contribution < 1.29 is 22.4 Å². The number of nitrogens with zero attached hydrogens (tertiary/aromatic N) is 2. The molecule has 158 valence electrons. The van der Waals surface area contributed by atoms with Crippen LogP contribution in [0.5, 0.6) is 0 Å². The van der Waals surface area contributed by atoms with Gasteiger partial charge in [-0.15, -0.1) is 0 Å². The molecule has 0 saturated carbocycles. The van der Waals surface area contributed by atoms with E-state index in [1.165, 1.54) is 12.1 Å². The average Bonchev–Trinajstić information content (AvgIpc) is 3.20. The zero-order valence-corrected chi connectivity index (χ0v) is 17.9. The molecule has 5 nitrogen and oxygen atoms in total. The summed E-state index contributed by atoms with van der Waals surface area (Å²) in [6.07, 6.45) is -1.29. The minimum absolute atomic E-state index is 0.00337. The van der Waals surface area contributed by atoms with Gasteiger partial charge in [0.2, 0.25) is 0 Å². The van der Waals surface area contributed by atoms with Crippen molar-refractivity contribution in [3.05, 3.63) is 54.0 Å². The molecule has 0 aliphatic carbocycles. The number of hydrogen-bond acceptors (Lipinski definition) is 3. The van der Waals surface area contributed by atoms with Crippen molar-refractivity contribution >= 4 is 34.3 Å². The number of rotatable bonds is 6. The van der Waals surface area contributed by atoms with E-state index < -0.39 is 17.8 Å². The lowest BCUT2D eigenvalue weighted by atomic mass is 10.0. The van der Waals surface area contributed by atoms with Gasteiger partial charge in [0.05, 0.1) is 18.4 Å². The van der Waals surface area contributed by atoms with Gasteiger partial charge in [-0.1, -0.05) is 28.7 Å². The van der Waals surface area contributed by atoms with Crippen LogP contribution >= 0.6 is 22.6 Å². The summed E-state index contributed by atoms with van der Waals surface area (Å²) in [5.74, 6) is 0.638. The number of benzene rings is 1. The normalized spacial score (nSPS) is 16.0. The zero-order valence-electron chi connectivity index (χ0n) is 15.8. The molecule has 2 heterocycles. The first kappa shape index (κ1) is 21.9. The Kier molecular flexibility index (Phi) is 7.44. The number of carbonyl (C=O) groups is 1. The van der Waals surface area contributed by atoms with E-state index in [0.29, 0.717) is 5.76 Å². The van der Waals surface area contributed by atoms with E-state index in [4.69, 9.17) is 4.42 Å². The Morgan fingerprint density at radius 3 is 2.62 bits per heavy atom. The number of likely N-dealkylation sites (tertiary alicyclic amines) is 1. The van der Waals surface area contributed by atoms with Gasteiger partial charge in [0, 0.05) is 35.8 Å². The van der Waals surface area contributed by atoms with Crippen LogP contribution in [0.15, 0.2) is 47.1 Å². The molecule has 2 amide bonds. The quantitative estimate of drug-likeness (QED) is 0.419. The molecule has 0 atom stereocenters. The minimum Gasteiger partial charge on any atom is -0.467 e. The highest BCUT2D eigenvalue weighted by Crippen LogP contribution is 2.31. The second-order valence-corrected chi connectivity index (χ2v) is 8.06. The Balaban J connectivity index is 1.73. The molecule has 1 N–H and O–H groups in total. The Bertz CT molecular complexity index is 791. The van der Waals surface area contributed by atoms with Crippen molar-refractivity contribution in [3.8, 4) is 0 Å². The number of alkyl halides is 4. The Morgan fingerprint density at radius 2 is 2.00 bits per heavy atom. The summed E-state index contributed by atoms with van der Waals surface area (Å²) in [5, 5.41) is 2.63. The van der Waals surface area contributed by atoms with Crippen LogP contribution in [-0.2, 0) is 12.7 Å². The van der Waals surface area contributed by atoms with Crippen molar-refractivity contribution in [1.82, 2.24) is 9.80 Å². The van der Waals surface area contributed by atoms with Gasteiger partial charge in [-0.3, -0.25) is 0 Å². The summed E-state index contributed by atoms with van der Waals surface area (Å²) in [6.45, 7) is 3.06. The Morgan fingerprint density at radius 1 is 1.24 bits per heavy atom. The summed E-state index contributed by atoms with van der Waals surface area (Å²) in [7, 11) is 0. The molecule has 1 fully saturated rings. The molecular formula is C20H23F3IN3O2. The highest BCUT2D eigenvalue weighted by Gasteiger charge is 2.31. The van der Waals surface area contributed by atoms with E-state index in [1.54, 1.807) is 23.3 Å². The highest BCUT2D eigenvalue weighted by molar-refractivity contribution is 14.1. The van der Waals surface area contributed by atoms with E-state index in [9.17, 15) is 18.0 Å². The van der Waals surface area contributed by atoms with E-state index in [1.807, 2.05) is 0 Å². The predicted octanol–water partition coefficient (Wildman–Crippen LogP) is 5.23. The molecule has 1 aromatic carbocycles. The van der Waals surface area contributed by atoms with Gasteiger partial charge in [0.15, 0.2) is 0 Å². The van der Waals surface area contributed by atoms with Crippen molar-refractivity contribution in [2.45, 2.75) is 31.6 Å². The van der Waals surface area contributed by atoms with Gasteiger partial charge in [0.25, 0.3) is 0 Å². The number of urea groups is 1. The van der Waals surface area contributed by atoms with Gasteiger partial charge in [-0.05, 0) is 43.2 Å². The number of furan rings is 1. The van der Waals surface area contributed by atoms with Gasteiger partial charge >= 0.3 is 12.2 Å². The van der Waals surface area contributed by atoms with Gasteiger partial charge < -0.3 is 19.5 Å². The number of amides is 2. The molecule has 1 aromatic heterocycles. The Hall–Kier alpha value is -1.75. The van der Waals surface area contributed by atoms with Crippen molar-refractivity contribution in [2.75, 3.05) is 29.4 Å². The van der Waals surface area contributed by atoms with Crippen LogP contribution in [0.4, 0.5) is 23.7 Å². The van der Waals surface area contributed by atoms with Crippen LogP contribution in [0.1, 0.15) is 24.2 Å². The summed E-state index contributed by atoms with van der Waals surface area (Å²) in [5.41, 5.74) is -0.670. The van der Waals surface area contributed by atoms with Crippen molar-refractivity contribution in [2.24, 2.45) is 0 Å². The summed E-state index contributed by atoms with van der Waals surface area (Å²) in [4.78, 5) is 17.0. The summed E-state index contributed by atoms with van der Waals surface area (Å²) < 4.78 is 45.3. The fourth-order valence-corrected chi connectivity index (χ4v) is 4.16. The van der Waals surface area contributed by atoms with E-state index in [2.05, 4.69) is 32.8 Å². The fraction of sp³-hybridized carbons (Fsp3) is 0.450. The molecule has 0 bridgehead atoms. The second-order valence-electron chi connectivity index (χ2n) is 6.98. The van der Waals surface area contributed by atoms with Crippen LogP contribution in [-0.4, -0.2) is 45.9 Å². The smallest absolute Gasteiger partial charge is 0.416 e. The predicted molar refractivity (Wildman–Crippen MR) is 113 cm³/mol. The fourth-order valence-electron chi connectivity index (χ4n) is 3.48. The van der Waals surface area contributed by atoms with E-state index in [-0.39, 0.29) is 18.3 Å². The molecule has 0 radical (unpaired) electrons. The minimum atomic E-state index is -4.46. The first-order valence-corrected chi connectivity index (χ1v) is 10.9. The van der Waals surface area contributed by atoms with Crippen molar-refractivity contribution in [3.63, 3.8) is 0 Å².